The zero-order valence-electron chi connectivity index (χ0n) is 70.7. The second kappa shape index (κ2) is 38.1. The summed E-state index contributed by atoms with van der Waals surface area (Å²) >= 11 is 0. The van der Waals surface area contributed by atoms with Crippen molar-refractivity contribution in [1.82, 2.24) is 0 Å². The number of rotatable bonds is 11. The number of hydrogen-bond donors (Lipinski definition) is 1. The molecule has 0 fully saturated rings. The normalized spacial score (nSPS) is 25.9. The zero-order valence-corrected chi connectivity index (χ0v) is 70.7. The summed E-state index contributed by atoms with van der Waals surface area (Å²) in [7, 11) is 5.55. The fraction of sp³-hybridized carbons (Fsp3) is 0.584. The molecule has 105 heavy (non-hydrogen) atoms. The number of methoxy groups -OCH3 is 3. The van der Waals surface area contributed by atoms with Crippen LogP contribution in [-0.2, 0) is 56.1 Å². The van der Waals surface area contributed by atoms with Crippen LogP contribution in [-0.4, -0.2) is 51.4 Å². The fourth-order valence-corrected chi connectivity index (χ4v) is 21.0. The minimum absolute atomic E-state index is 0.225. The highest BCUT2D eigenvalue weighted by molar-refractivity contribution is 5.44. The number of ether oxygens (including phenoxy) is 3. The zero-order chi connectivity index (χ0) is 76.8. The van der Waals surface area contributed by atoms with Crippen molar-refractivity contribution in [3.05, 3.63) is 248 Å². The molecule has 7 aliphatic rings. The standard InChI is InChI=1S/3C16H24O.C14H20.C13H18O.2C13H18/c3*1-11(2)15-12-8-6-7-9-13(12)16(3,4)10-14(15)17-5;1-10(2)14-11(3)8-9-12-6-4-5-7-13(12)14;1-9(2)12-7-10-5-3-4-6-11(10)13(12)8-14;1-9(2)13-10(3)8-11-6-4-5-7-12(11)13;1-10(2)12-9-5-7-11-6-3-4-8-13(11)12/h3*6-9,11,14-15H,10H2,1-5H3;4-7,10-11,14H,8-9H2,1-3H3;3-6,9,12-14H,7-8H2,1-2H3;4-7,9-10,13H,8H2,1-3H3;3-4,6,8,10,12H,5,7,9H2,1-2H3/t3*14-,15+;11-,14-;12-,13-;10-,13-;12-/m1100101/s1. The number of benzene rings is 7. The van der Waals surface area contributed by atoms with Gasteiger partial charge in [0.15, 0.2) is 0 Å². The predicted octanol–water partition coefficient (Wildman–Crippen LogP) is 26.3. The highest BCUT2D eigenvalue weighted by Gasteiger charge is 2.44. The van der Waals surface area contributed by atoms with Crippen LogP contribution in [0.4, 0.5) is 0 Å². The van der Waals surface area contributed by atoms with Gasteiger partial charge in [0.25, 0.3) is 0 Å². The van der Waals surface area contributed by atoms with Crippen LogP contribution in [0, 0.1) is 59.2 Å². The van der Waals surface area contributed by atoms with E-state index in [1.807, 2.05) is 21.3 Å². The summed E-state index contributed by atoms with van der Waals surface area (Å²) < 4.78 is 17.3. The summed E-state index contributed by atoms with van der Waals surface area (Å²) in [6.07, 6.45) is 13.5. The third kappa shape index (κ3) is 20.5. The first-order chi connectivity index (χ1) is 49.8. The van der Waals surface area contributed by atoms with E-state index in [2.05, 4.69) is 322 Å². The Morgan fingerprint density at radius 2 is 0.648 bits per heavy atom. The van der Waals surface area contributed by atoms with Crippen LogP contribution >= 0.6 is 0 Å². The molecular formula is C101H146O4. The minimum Gasteiger partial charge on any atom is -0.396 e. The number of fused-ring (bicyclic) bond motifs is 7. The SMILES string of the molecule is CC(C)[C@@H]1c2ccccc2CC[C@@H]1C.CC(C)[C@@H]1c2ccccc2C[C@@H]1C.CC(C)[C@H]1CCCc2ccccc21.CC(C)[C@H]1Cc2ccccc2[C@H]1CO.CO[C@@H]1CC(C)(C)c2ccccc2[C@@H]1C(C)C.CO[C@@H]1CC(C)(C)c2ccccc2[C@@H]1C(C)C.CO[C@H]1CC(C)(C)c2ccccc2[C@H]1C(C)C. The lowest BCUT2D eigenvalue weighted by Crippen LogP contribution is -2.39. The summed E-state index contributed by atoms with van der Waals surface area (Å²) in [6, 6.07) is 62.1. The lowest BCUT2D eigenvalue weighted by Gasteiger charge is -2.43. The average molecular weight is 1420 g/mol. The van der Waals surface area contributed by atoms with Crippen molar-refractivity contribution in [2.75, 3.05) is 27.9 Å². The topological polar surface area (TPSA) is 47.9 Å². The second-order valence-corrected chi connectivity index (χ2v) is 37.3. The van der Waals surface area contributed by atoms with E-state index in [-0.39, 0.29) is 16.2 Å². The monoisotopic (exact) mass is 1420 g/mol. The highest BCUT2D eigenvalue weighted by Crippen LogP contribution is 2.51. The van der Waals surface area contributed by atoms with Gasteiger partial charge in [-0.3, -0.25) is 0 Å². The molecule has 4 nitrogen and oxygen atoms in total. The molecule has 0 bridgehead atoms. The van der Waals surface area contributed by atoms with E-state index in [4.69, 9.17) is 14.2 Å². The first kappa shape index (κ1) is 85.0. The van der Waals surface area contributed by atoms with Crippen LogP contribution in [0.5, 0.6) is 0 Å². The Kier molecular flexibility index (Phi) is 30.9. The van der Waals surface area contributed by atoms with Crippen LogP contribution in [0.25, 0.3) is 0 Å². The lowest BCUT2D eigenvalue weighted by atomic mass is 9.65. The molecule has 0 spiro atoms. The molecule has 0 saturated carbocycles. The van der Waals surface area contributed by atoms with Gasteiger partial charge < -0.3 is 19.3 Å². The summed E-state index contributed by atoms with van der Waals surface area (Å²) in [5.74, 6) is 11.5. The van der Waals surface area contributed by atoms with Crippen molar-refractivity contribution in [2.45, 2.75) is 293 Å². The number of aliphatic hydroxyl groups is 1. The van der Waals surface area contributed by atoms with Gasteiger partial charge in [0.05, 0.1) is 24.9 Å². The van der Waals surface area contributed by atoms with Gasteiger partial charge in [-0.2, -0.15) is 0 Å². The van der Waals surface area contributed by atoms with Crippen molar-refractivity contribution in [3.8, 4) is 0 Å². The second-order valence-electron chi connectivity index (χ2n) is 37.3. The molecule has 0 heterocycles. The number of aryl methyl sites for hydroxylation is 2. The first-order valence-electron chi connectivity index (χ1n) is 41.6. The van der Waals surface area contributed by atoms with Gasteiger partial charge in [-0.1, -0.05) is 322 Å². The third-order valence-electron chi connectivity index (χ3n) is 26.1. The molecule has 14 rings (SSSR count). The molecular weight excluding hydrogens is 1280 g/mol. The fourth-order valence-electron chi connectivity index (χ4n) is 21.0. The van der Waals surface area contributed by atoms with E-state index in [0.29, 0.717) is 78.2 Å². The summed E-state index contributed by atoms with van der Waals surface area (Å²) in [5.41, 5.74) is 22.1. The van der Waals surface area contributed by atoms with Gasteiger partial charge in [-0.15, -0.1) is 0 Å². The predicted molar refractivity (Wildman–Crippen MR) is 451 cm³/mol. The van der Waals surface area contributed by atoms with Gasteiger partial charge in [-0.25, -0.2) is 0 Å². The average Bonchev–Trinajstić information content (AvgIpc) is 1.74. The Hall–Kier alpha value is -5.62. The molecule has 4 heteroatoms. The van der Waals surface area contributed by atoms with Gasteiger partial charge in [-0.05, 0) is 235 Å². The third-order valence-corrected chi connectivity index (χ3v) is 26.1. The molecule has 0 unspecified atom stereocenters. The minimum atomic E-state index is 0.225. The molecule has 7 aromatic rings. The van der Waals surface area contributed by atoms with Gasteiger partial charge in [0, 0.05) is 45.0 Å². The summed E-state index contributed by atoms with van der Waals surface area (Å²) in [6.45, 7) is 51.4. The van der Waals surface area contributed by atoms with Gasteiger partial charge in [0.2, 0.25) is 0 Å². The Labute approximate surface area is 642 Å². The molecule has 1 N–H and O–H groups in total. The van der Waals surface area contributed by atoms with Crippen LogP contribution in [0.3, 0.4) is 0 Å². The van der Waals surface area contributed by atoms with Crippen molar-refractivity contribution < 1.29 is 19.3 Å². The van der Waals surface area contributed by atoms with E-state index in [0.717, 1.165) is 73.0 Å². The van der Waals surface area contributed by atoms with E-state index < -0.39 is 0 Å². The molecule has 7 aromatic carbocycles. The molecule has 0 saturated heterocycles. The Bertz CT molecular complexity index is 3580. The quantitative estimate of drug-likeness (QED) is 0.140. The highest BCUT2D eigenvalue weighted by atomic mass is 16.5. The number of aliphatic hydroxyl groups excluding tert-OH is 1. The van der Waals surface area contributed by atoms with Gasteiger partial charge in [0.1, 0.15) is 0 Å². The van der Waals surface area contributed by atoms with Crippen molar-refractivity contribution in [3.63, 3.8) is 0 Å². The van der Waals surface area contributed by atoms with Gasteiger partial charge >= 0.3 is 0 Å². The van der Waals surface area contributed by atoms with Crippen LogP contribution in [0.2, 0.25) is 0 Å². The molecule has 7 aliphatic carbocycles. The molecule has 574 valence electrons. The molecule has 0 aliphatic heterocycles. The van der Waals surface area contributed by atoms with E-state index >= 15 is 0 Å². The molecule has 0 aromatic heterocycles. The summed E-state index contributed by atoms with van der Waals surface area (Å²) in [4.78, 5) is 0. The van der Waals surface area contributed by atoms with Crippen LogP contribution in [0.15, 0.2) is 170 Å². The maximum atomic E-state index is 9.43. The van der Waals surface area contributed by atoms with Crippen molar-refractivity contribution in [2.24, 2.45) is 59.2 Å². The maximum absolute atomic E-state index is 9.43. The molecule has 0 amide bonds. The van der Waals surface area contributed by atoms with Crippen molar-refractivity contribution >= 4 is 0 Å². The Morgan fingerprint density at radius 3 is 1.01 bits per heavy atom. The molecule has 13 atom stereocenters. The largest absolute Gasteiger partial charge is 0.396 e. The van der Waals surface area contributed by atoms with Crippen molar-refractivity contribution in [1.29, 1.82) is 0 Å². The van der Waals surface area contributed by atoms with Crippen LogP contribution in [0.1, 0.15) is 310 Å². The maximum Gasteiger partial charge on any atom is 0.0650 e. The Balaban J connectivity index is 0.000000155. The number of hydrogen-bond acceptors (Lipinski definition) is 4. The molecule has 0 radical (unpaired) electrons. The van der Waals surface area contributed by atoms with E-state index in [1.165, 1.54) is 83.0 Å². The van der Waals surface area contributed by atoms with E-state index in [1.54, 1.807) is 33.4 Å². The lowest BCUT2D eigenvalue weighted by molar-refractivity contribution is 0.0329. The smallest absolute Gasteiger partial charge is 0.0650 e. The summed E-state index contributed by atoms with van der Waals surface area (Å²) in [5, 5.41) is 9.43. The first-order valence-corrected chi connectivity index (χ1v) is 41.6. The Morgan fingerprint density at radius 1 is 0.333 bits per heavy atom. The van der Waals surface area contributed by atoms with Crippen LogP contribution < -0.4 is 0 Å². The van der Waals surface area contributed by atoms with E-state index in [9.17, 15) is 5.11 Å².